The minimum Gasteiger partial charge on any atom is -0.379 e. The Morgan fingerprint density at radius 2 is 1.77 bits per heavy atom. The number of amides is 2. The average Bonchev–Trinajstić information content (AvgIpc) is 3.49. The fraction of sp³-hybridized carbons (Fsp3) is 0.400. The van der Waals surface area contributed by atoms with Crippen molar-refractivity contribution in [3.63, 3.8) is 0 Å². The van der Waals surface area contributed by atoms with Gasteiger partial charge in [0.05, 0.1) is 29.6 Å². The van der Waals surface area contributed by atoms with Gasteiger partial charge in [-0.1, -0.05) is 23.7 Å². The number of carbonyl (C=O) groups excluding carboxylic acids is 2. The number of alkyl halides is 4. The Balaban J connectivity index is 1.59. The second-order valence-electron chi connectivity index (χ2n) is 8.63. The van der Waals surface area contributed by atoms with Gasteiger partial charge in [0.15, 0.2) is 0 Å². The second-order valence-corrected chi connectivity index (χ2v) is 9.90. The smallest absolute Gasteiger partial charge is 0.278 e. The van der Waals surface area contributed by atoms with Crippen molar-refractivity contribution in [2.75, 3.05) is 37.7 Å². The van der Waals surface area contributed by atoms with Crippen LogP contribution in [0.4, 0.5) is 18.9 Å². The van der Waals surface area contributed by atoms with Crippen LogP contribution in [-0.4, -0.2) is 82.6 Å². The van der Waals surface area contributed by atoms with Crippen molar-refractivity contribution in [3.8, 4) is 10.4 Å². The summed E-state index contributed by atoms with van der Waals surface area (Å²) in [5.74, 6) is -1.90. The summed E-state index contributed by atoms with van der Waals surface area (Å²) in [5, 5.41) is 2.63. The normalized spacial score (nSPS) is 16.4. The van der Waals surface area contributed by atoms with Gasteiger partial charge in [-0.3, -0.25) is 24.4 Å². The molecule has 0 spiro atoms. The highest BCUT2D eigenvalue weighted by Crippen LogP contribution is 2.32. The fourth-order valence-electron chi connectivity index (χ4n) is 4.34. The second kappa shape index (κ2) is 13.8. The van der Waals surface area contributed by atoms with E-state index in [9.17, 15) is 22.8 Å². The van der Waals surface area contributed by atoms with Crippen molar-refractivity contribution in [1.29, 1.82) is 0 Å². The predicted molar refractivity (Wildman–Crippen MR) is 140 cm³/mol. The van der Waals surface area contributed by atoms with Crippen LogP contribution in [0.25, 0.3) is 10.4 Å². The van der Waals surface area contributed by atoms with E-state index >= 15 is 0 Å². The van der Waals surface area contributed by atoms with Gasteiger partial charge in [0, 0.05) is 49.5 Å². The molecule has 2 amide bonds. The number of ether oxygens (including phenoxy) is 1. The van der Waals surface area contributed by atoms with Crippen molar-refractivity contribution in [2.24, 2.45) is 0 Å². The Morgan fingerprint density at radius 3 is 2.36 bits per heavy atom. The third-order valence-corrected chi connectivity index (χ3v) is 7.24. The van der Waals surface area contributed by atoms with Gasteiger partial charge in [-0.15, -0.1) is 11.3 Å². The zero-order chi connectivity index (χ0) is 27.8. The number of nitrogens with one attached hydrogen (secondary N) is 1. The molecule has 1 aliphatic rings. The van der Waals surface area contributed by atoms with Crippen LogP contribution in [0.1, 0.15) is 18.0 Å². The zero-order valence-electron chi connectivity index (χ0n) is 20.6. The first-order valence-corrected chi connectivity index (χ1v) is 13.4. The van der Waals surface area contributed by atoms with Crippen LogP contribution >= 0.6 is 22.9 Å². The van der Waals surface area contributed by atoms with Crippen LogP contribution in [0.3, 0.4) is 0 Å². The zero-order valence-corrected chi connectivity index (χ0v) is 22.2. The Hall–Kier alpha value is -3.13. The topological polar surface area (TPSA) is 101 Å². The Kier molecular flexibility index (Phi) is 10.2. The molecule has 3 aromatic rings. The van der Waals surface area contributed by atoms with E-state index < -0.39 is 36.0 Å². The number of benzene rings is 1. The van der Waals surface area contributed by atoms with Gasteiger partial charge in [0.2, 0.25) is 5.91 Å². The lowest BCUT2D eigenvalue weighted by atomic mass is 10.1. The lowest BCUT2D eigenvalue weighted by Crippen LogP contribution is -2.49. The molecule has 1 saturated heterocycles. The molecule has 1 fully saturated rings. The average molecular weight is 583 g/mol. The van der Waals surface area contributed by atoms with Crippen molar-refractivity contribution in [3.05, 3.63) is 60.3 Å². The summed E-state index contributed by atoms with van der Waals surface area (Å²) >= 11 is 6.98. The van der Waals surface area contributed by atoms with Gasteiger partial charge in [-0.25, -0.2) is 23.1 Å². The number of thiazole rings is 1. The van der Waals surface area contributed by atoms with Gasteiger partial charge >= 0.3 is 0 Å². The van der Waals surface area contributed by atoms with Gasteiger partial charge < -0.3 is 10.1 Å². The van der Waals surface area contributed by atoms with Crippen LogP contribution in [0, 0.1) is 0 Å². The van der Waals surface area contributed by atoms with Gasteiger partial charge in [-0.2, -0.15) is 0 Å². The third kappa shape index (κ3) is 7.29. The Morgan fingerprint density at radius 1 is 1.08 bits per heavy atom. The molecule has 3 unspecified atom stereocenters. The van der Waals surface area contributed by atoms with Crippen LogP contribution in [0.2, 0.25) is 0 Å². The minimum absolute atomic E-state index is 0.0415. The predicted octanol–water partition coefficient (Wildman–Crippen LogP) is 3.68. The molecular weight excluding hydrogens is 557 g/mol. The lowest BCUT2D eigenvalue weighted by molar-refractivity contribution is -0.127. The molecule has 4 rings (SSSR count). The summed E-state index contributed by atoms with van der Waals surface area (Å²) in [7, 11) is 0. The molecule has 0 aliphatic carbocycles. The number of rotatable bonds is 11. The molecule has 3 heterocycles. The quantitative estimate of drug-likeness (QED) is 0.344. The van der Waals surface area contributed by atoms with Crippen molar-refractivity contribution < 1.29 is 27.5 Å². The highest BCUT2D eigenvalue weighted by atomic mass is 35.5. The van der Waals surface area contributed by atoms with Crippen molar-refractivity contribution >= 4 is 40.4 Å². The summed E-state index contributed by atoms with van der Waals surface area (Å²) < 4.78 is 47.0. The van der Waals surface area contributed by atoms with E-state index in [1.54, 1.807) is 40.9 Å². The third-order valence-electron chi connectivity index (χ3n) is 6.23. The summed E-state index contributed by atoms with van der Waals surface area (Å²) in [6.45, 7) is 1.32. The van der Waals surface area contributed by atoms with Crippen LogP contribution < -0.4 is 10.2 Å². The van der Waals surface area contributed by atoms with Gasteiger partial charge in [-0.05, 0) is 24.1 Å². The number of hydrogen-bond donors (Lipinski definition) is 1. The number of halogens is 4. The number of carbonyl (C=O) groups is 2. The Labute approximate surface area is 232 Å². The van der Waals surface area contributed by atoms with Crippen molar-refractivity contribution in [1.82, 2.24) is 25.2 Å². The highest BCUT2D eigenvalue weighted by molar-refractivity contribution is 7.13. The largest absolute Gasteiger partial charge is 0.379 e. The maximum absolute atomic E-state index is 14.2. The van der Waals surface area contributed by atoms with E-state index in [1.807, 2.05) is 0 Å². The first kappa shape index (κ1) is 28.9. The van der Waals surface area contributed by atoms with E-state index in [-0.39, 0.29) is 24.2 Å². The molecule has 1 N–H and O–H groups in total. The molecule has 208 valence electrons. The summed E-state index contributed by atoms with van der Waals surface area (Å²) in [6, 6.07) is 4.03. The molecule has 39 heavy (non-hydrogen) atoms. The molecule has 3 atom stereocenters. The Bertz CT molecular complexity index is 1200. The number of aromatic nitrogens is 3. The molecule has 2 aromatic heterocycles. The van der Waals surface area contributed by atoms with E-state index in [4.69, 9.17) is 16.3 Å². The molecular formula is C25H26ClF3N6O3S. The van der Waals surface area contributed by atoms with E-state index in [0.29, 0.717) is 26.3 Å². The van der Waals surface area contributed by atoms with E-state index in [0.717, 1.165) is 15.3 Å². The van der Waals surface area contributed by atoms with Crippen LogP contribution in [-0.2, 0) is 14.3 Å². The first-order chi connectivity index (χ1) is 18.9. The molecule has 0 bridgehead atoms. The fourth-order valence-corrected chi connectivity index (χ4v) is 5.07. The monoisotopic (exact) mass is 582 g/mol. The highest BCUT2D eigenvalue weighted by Gasteiger charge is 2.37. The van der Waals surface area contributed by atoms with E-state index in [1.165, 1.54) is 30.1 Å². The number of hydrogen-bond acceptors (Lipinski definition) is 8. The number of morpholine rings is 1. The maximum Gasteiger partial charge on any atom is 0.278 e. The minimum atomic E-state index is -2.63. The van der Waals surface area contributed by atoms with Crippen LogP contribution in [0.5, 0.6) is 0 Å². The molecule has 0 saturated carbocycles. The first-order valence-electron chi connectivity index (χ1n) is 12.1. The molecule has 9 nitrogen and oxygen atoms in total. The molecule has 1 aromatic carbocycles. The summed E-state index contributed by atoms with van der Waals surface area (Å²) in [5.41, 5.74) is 0.413. The summed E-state index contributed by atoms with van der Waals surface area (Å²) in [4.78, 5) is 41.9. The number of anilines is 1. The van der Waals surface area contributed by atoms with Crippen LogP contribution in [0.15, 0.2) is 54.7 Å². The maximum atomic E-state index is 14.2. The standard InChI is InChI=1S/C25H26ClF3N6O3S/c26-22(27)25(37)35(18-3-1-16(2-4-18)20-13-32-15-39-20)21(17-11-30-14-31-12-17)24(36)33-6-5-19(23(28)29)34-7-9-38-10-8-34/h1-4,11-15,19,21-23H,5-10H2,(H,33,36). The summed E-state index contributed by atoms with van der Waals surface area (Å²) in [6.07, 6.45) is 2.89. The van der Waals surface area contributed by atoms with E-state index in [2.05, 4.69) is 20.3 Å². The number of nitrogens with zero attached hydrogens (tertiary/aromatic N) is 5. The molecule has 0 radical (unpaired) electrons. The van der Waals surface area contributed by atoms with Crippen molar-refractivity contribution in [2.45, 2.75) is 30.6 Å². The molecule has 1 aliphatic heterocycles. The molecule has 14 heteroatoms. The lowest BCUT2D eigenvalue weighted by Gasteiger charge is -2.34. The SMILES string of the molecule is O=C(NCCC(C(F)F)N1CCOCC1)C(c1cncnc1)N(C(=O)C(F)Cl)c1ccc(-c2cncs2)cc1. The van der Waals surface area contributed by atoms with Gasteiger partial charge in [0.1, 0.15) is 12.4 Å². The van der Waals surface area contributed by atoms with Gasteiger partial charge in [0.25, 0.3) is 18.0 Å².